The fourth-order valence-electron chi connectivity index (χ4n) is 3.15. The van der Waals surface area contributed by atoms with Gasteiger partial charge in [0.25, 0.3) is 0 Å². The van der Waals surface area contributed by atoms with Crippen LogP contribution >= 0.6 is 0 Å². The molecule has 5 nitrogen and oxygen atoms in total. The Kier molecular flexibility index (Phi) is 6.03. The van der Waals surface area contributed by atoms with Crippen molar-refractivity contribution in [3.63, 3.8) is 0 Å². The first-order valence-electron chi connectivity index (χ1n) is 9.21. The molecule has 0 saturated heterocycles. The SMILES string of the molecule is CCO/C=C/c1c(Oc2ccc(F)c(-c3ccn[nH]3)c2)c(F)cc2c1ccn2[I-]C. The molecule has 0 radical (unpaired) electrons. The molecule has 2 heterocycles. The van der Waals surface area contributed by atoms with E-state index in [1.54, 1.807) is 12.1 Å². The second-order valence-electron chi connectivity index (χ2n) is 6.30. The summed E-state index contributed by atoms with van der Waals surface area (Å²) in [6, 6.07) is 9.35. The van der Waals surface area contributed by atoms with E-state index in [9.17, 15) is 4.39 Å². The van der Waals surface area contributed by atoms with Gasteiger partial charge in [-0.15, -0.1) is 0 Å². The Morgan fingerprint density at radius 3 is 2.77 bits per heavy atom. The number of rotatable bonds is 7. The number of halogens is 3. The summed E-state index contributed by atoms with van der Waals surface area (Å²) >= 11 is -0.283. The molecule has 156 valence electrons. The Morgan fingerprint density at radius 1 is 1.17 bits per heavy atom. The first-order chi connectivity index (χ1) is 14.6. The van der Waals surface area contributed by atoms with Crippen LogP contribution in [-0.2, 0) is 4.74 Å². The molecule has 2 aromatic carbocycles. The number of ether oxygens (including phenoxy) is 2. The van der Waals surface area contributed by atoms with Crippen molar-refractivity contribution in [3.8, 4) is 22.8 Å². The van der Waals surface area contributed by atoms with Crippen molar-refractivity contribution in [1.29, 1.82) is 0 Å². The average molecular weight is 522 g/mol. The number of aromatic amines is 1. The second-order valence-corrected chi connectivity index (χ2v) is 8.31. The van der Waals surface area contributed by atoms with Crippen molar-refractivity contribution in [2.75, 3.05) is 11.5 Å². The summed E-state index contributed by atoms with van der Waals surface area (Å²) in [5, 5.41) is 7.44. The molecule has 0 aliphatic carbocycles. The zero-order valence-electron chi connectivity index (χ0n) is 16.3. The number of aromatic nitrogens is 3. The molecular weight excluding hydrogens is 503 g/mol. The van der Waals surface area contributed by atoms with Crippen molar-refractivity contribution < 1.29 is 39.7 Å². The third-order valence-corrected chi connectivity index (χ3v) is 6.40. The number of benzene rings is 2. The van der Waals surface area contributed by atoms with E-state index >= 15 is 4.39 Å². The zero-order chi connectivity index (χ0) is 21.1. The van der Waals surface area contributed by atoms with Crippen LogP contribution in [0.2, 0.25) is 0 Å². The van der Waals surface area contributed by atoms with Gasteiger partial charge in [0.2, 0.25) is 0 Å². The number of H-pyrrole nitrogens is 1. The molecule has 0 aliphatic heterocycles. The van der Waals surface area contributed by atoms with E-state index in [4.69, 9.17) is 9.47 Å². The normalized spacial score (nSPS) is 11.6. The summed E-state index contributed by atoms with van der Waals surface area (Å²) in [6.07, 6.45) is 6.71. The number of alkyl halides is 1. The molecule has 0 fully saturated rings. The van der Waals surface area contributed by atoms with Gasteiger partial charge in [-0.2, -0.15) is 0 Å². The number of nitrogens with one attached hydrogen (secondary N) is 1. The van der Waals surface area contributed by atoms with E-state index in [0.717, 1.165) is 10.9 Å². The van der Waals surface area contributed by atoms with Crippen LogP contribution in [0, 0.1) is 11.6 Å². The van der Waals surface area contributed by atoms with Gasteiger partial charge >= 0.3 is 183 Å². The summed E-state index contributed by atoms with van der Waals surface area (Å²) in [7, 11) is 0. The molecule has 0 aliphatic rings. The van der Waals surface area contributed by atoms with Gasteiger partial charge in [-0.05, 0) is 0 Å². The number of nitrogens with zero attached hydrogens (tertiary/aromatic N) is 2. The predicted molar refractivity (Wildman–Crippen MR) is 108 cm³/mol. The van der Waals surface area contributed by atoms with Crippen LogP contribution in [0.15, 0.2) is 55.1 Å². The molecular formula is C22H19F2IN3O2-. The topological polar surface area (TPSA) is 52.1 Å². The van der Waals surface area contributed by atoms with Crippen LogP contribution in [-0.4, -0.2) is 24.5 Å². The third-order valence-electron chi connectivity index (χ3n) is 4.52. The fourth-order valence-corrected chi connectivity index (χ4v) is 4.55. The molecule has 2 aromatic heterocycles. The maximum atomic E-state index is 15.1. The van der Waals surface area contributed by atoms with Crippen molar-refractivity contribution in [1.82, 2.24) is 13.0 Å². The molecule has 30 heavy (non-hydrogen) atoms. The van der Waals surface area contributed by atoms with Crippen LogP contribution in [0.3, 0.4) is 0 Å². The minimum atomic E-state index is -0.497. The number of hydrogen-bond donors (Lipinski definition) is 1. The summed E-state index contributed by atoms with van der Waals surface area (Å²) in [6.45, 7) is 2.37. The van der Waals surface area contributed by atoms with Gasteiger partial charge in [0.05, 0.1) is 0 Å². The van der Waals surface area contributed by atoms with E-state index in [1.165, 1.54) is 36.7 Å². The van der Waals surface area contributed by atoms with Crippen molar-refractivity contribution in [3.05, 3.63) is 72.3 Å². The third kappa shape index (κ3) is 3.91. The average Bonchev–Trinajstić information content (AvgIpc) is 3.41. The van der Waals surface area contributed by atoms with Gasteiger partial charge in [-0.3, -0.25) is 0 Å². The molecule has 4 aromatic rings. The predicted octanol–water partition coefficient (Wildman–Crippen LogP) is 2.59. The Hall–Kier alpha value is -2.88. The van der Waals surface area contributed by atoms with Gasteiger partial charge in [0.1, 0.15) is 0 Å². The Labute approximate surface area is 182 Å². The number of hydrogen-bond acceptors (Lipinski definition) is 3. The van der Waals surface area contributed by atoms with Crippen LogP contribution < -0.4 is 26.2 Å². The second kappa shape index (κ2) is 8.86. The van der Waals surface area contributed by atoms with Crippen LogP contribution in [0.5, 0.6) is 11.5 Å². The zero-order valence-corrected chi connectivity index (χ0v) is 18.5. The van der Waals surface area contributed by atoms with Crippen LogP contribution in [0.4, 0.5) is 8.78 Å². The van der Waals surface area contributed by atoms with E-state index < -0.39 is 11.6 Å². The van der Waals surface area contributed by atoms with Gasteiger partial charge in [0.15, 0.2) is 0 Å². The quantitative estimate of drug-likeness (QED) is 0.231. The summed E-state index contributed by atoms with van der Waals surface area (Å²) < 4.78 is 42.7. The van der Waals surface area contributed by atoms with E-state index in [1.807, 2.05) is 19.2 Å². The molecule has 0 saturated carbocycles. The minimum absolute atomic E-state index is 0.0627. The summed E-state index contributed by atoms with van der Waals surface area (Å²) in [5.41, 5.74) is 2.18. The maximum absolute atomic E-state index is 15.1. The Balaban J connectivity index is 1.81. The van der Waals surface area contributed by atoms with E-state index in [2.05, 4.69) is 17.9 Å². The summed E-state index contributed by atoms with van der Waals surface area (Å²) in [4.78, 5) is 2.10. The molecule has 4 rings (SSSR count). The van der Waals surface area contributed by atoms with Crippen molar-refractivity contribution in [2.45, 2.75) is 6.92 Å². The molecule has 0 unspecified atom stereocenters. The van der Waals surface area contributed by atoms with Crippen LogP contribution in [0.25, 0.3) is 28.2 Å². The Morgan fingerprint density at radius 2 is 2.03 bits per heavy atom. The van der Waals surface area contributed by atoms with E-state index in [-0.39, 0.29) is 27.2 Å². The molecule has 0 amide bonds. The van der Waals surface area contributed by atoms with E-state index in [0.29, 0.717) is 29.2 Å². The fraction of sp³-hybridized carbons (Fsp3) is 0.136. The van der Waals surface area contributed by atoms with Gasteiger partial charge < -0.3 is 0 Å². The van der Waals surface area contributed by atoms with Gasteiger partial charge in [0, 0.05) is 0 Å². The van der Waals surface area contributed by atoms with Gasteiger partial charge in [-0.1, -0.05) is 0 Å². The number of fused-ring (bicyclic) bond motifs is 1. The molecule has 1 N–H and O–H groups in total. The monoisotopic (exact) mass is 522 g/mol. The van der Waals surface area contributed by atoms with Crippen molar-refractivity contribution in [2.24, 2.45) is 0 Å². The molecule has 8 heteroatoms. The Bertz CT molecular complexity index is 1200. The van der Waals surface area contributed by atoms with Crippen molar-refractivity contribution >= 4 is 17.0 Å². The standard InChI is InChI=1S/C22H19F2IN3O2/c1-3-29-11-8-16-15-7-10-28(25-2)21(15)13-19(24)22(16)30-14-4-5-18(23)17(12-14)20-6-9-26-27-20/h4-13H,3H2,1-2H3,(H,26,27)/q-1/b11-8+. The first-order valence-corrected chi connectivity index (χ1v) is 12.3. The first kappa shape index (κ1) is 20.4. The molecule has 0 atom stereocenters. The molecule has 0 spiro atoms. The van der Waals surface area contributed by atoms with Gasteiger partial charge in [-0.25, -0.2) is 0 Å². The molecule has 0 bridgehead atoms. The van der Waals surface area contributed by atoms with Crippen LogP contribution in [0.1, 0.15) is 12.5 Å². The summed E-state index contributed by atoms with van der Waals surface area (Å²) in [5.74, 6) is -0.549.